The lowest BCUT2D eigenvalue weighted by Crippen LogP contribution is -2.19. The third-order valence-electron chi connectivity index (χ3n) is 2.92. The van der Waals surface area contributed by atoms with Gasteiger partial charge in [-0.15, -0.1) is 0 Å². The van der Waals surface area contributed by atoms with Gasteiger partial charge in [-0.3, -0.25) is 0 Å². The largest absolute Gasteiger partial charge is 0.507 e. The second-order valence-electron chi connectivity index (χ2n) is 5.50. The van der Waals surface area contributed by atoms with E-state index in [2.05, 4.69) is 32.9 Å². The van der Waals surface area contributed by atoms with Gasteiger partial charge in [0.05, 0.1) is 6.21 Å². The van der Waals surface area contributed by atoms with Gasteiger partial charge in [0.25, 0.3) is 0 Å². The Bertz CT molecular complexity index is 409. The van der Waals surface area contributed by atoms with Gasteiger partial charge in [-0.25, -0.2) is 0 Å². The van der Waals surface area contributed by atoms with E-state index < -0.39 is 0 Å². The van der Waals surface area contributed by atoms with Gasteiger partial charge in [-0.1, -0.05) is 38.9 Å². The standard InChI is InChI=1S/C14H21NO2/c1-10(2)8-14(3,4)12-5-6-13(16)11(7-12)9-15-17/h5-7,9-10,16-17H,8H2,1-4H3/b15-9+. The number of hydrogen-bond acceptors (Lipinski definition) is 3. The molecule has 0 aromatic heterocycles. The van der Waals surface area contributed by atoms with Crippen molar-refractivity contribution >= 4 is 6.21 Å². The molecule has 0 radical (unpaired) electrons. The minimum Gasteiger partial charge on any atom is -0.507 e. The van der Waals surface area contributed by atoms with Gasteiger partial charge in [0, 0.05) is 5.56 Å². The van der Waals surface area contributed by atoms with Crippen LogP contribution in [0.3, 0.4) is 0 Å². The maximum atomic E-state index is 9.61. The Balaban J connectivity index is 3.10. The van der Waals surface area contributed by atoms with Crippen LogP contribution in [0.15, 0.2) is 23.4 Å². The number of nitrogens with zero attached hydrogens (tertiary/aromatic N) is 1. The van der Waals surface area contributed by atoms with E-state index in [9.17, 15) is 5.11 Å². The Labute approximate surface area is 103 Å². The molecule has 1 rings (SSSR count). The smallest absolute Gasteiger partial charge is 0.124 e. The lowest BCUT2D eigenvalue weighted by Gasteiger charge is -2.27. The van der Waals surface area contributed by atoms with Crippen LogP contribution in [0.1, 0.15) is 45.2 Å². The normalized spacial score (nSPS) is 12.5. The Morgan fingerprint density at radius 3 is 2.53 bits per heavy atom. The molecule has 94 valence electrons. The van der Waals surface area contributed by atoms with Gasteiger partial charge in [0.2, 0.25) is 0 Å². The minimum atomic E-state index is 0.0416. The van der Waals surface area contributed by atoms with E-state index in [4.69, 9.17) is 5.21 Å². The highest BCUT2D eigenvalue weighted by Gasteiger charge is 2.22. The molecule has 0 unspecified atom stereocenters. The average Bonchev–Trinajstić information content (AvgIpc) is 2.19. The highest BCUT2D eigenvalue weighted by atomic mass is 16.4. The maximum Gasteiger partial charge on any atom is 0.124 e. The highest BCUT2D eigenvalue weighted by molar-refractivity contribution is 5.83. The zero-order chi connectivity index (χ0) is 13.1. The summed E-state index contributed by atoms with van der Waals surface area (Å²) in [6, 6.07) is 5.44. The van der Waals surface area contributed by atoms with Crippen molar-refractivity contribution in [2.75, 3.05) is 0 Å². The van der Waals surface area contributed by atoms with Crippen molar-refractivity contribution < 1.29 is 10.3 Å². The molecule has 1 aromatic rings. The molecule has 0 fully saturated rings. The number of aromatic hydroxyl groups is 1. The maximum absolute atomic E-state index is 9.61. The molecule has 0 saturated carbocycles. The van der Waals surface area contributed by atoms with Crippen LogP contribution in [0.5, 0.6) is 5.75 Å². The van der Waals surface area contributed by atoms with Crippen LogP contribution in [0, 0.1) is 5.92 Å². The lowest BCUT2D eigenvalue weighted by molar-refractivity contribution is 0.321. The summed E-state index contributed by atoms with van der Waals surface area (Å²) in [5.74, 6) is 0.737. The predicted octanol–water partition coefficient (Wildman–Crippen LogP) is 3.52. The molecule has 0 spiro atoms. The van der Waals surface area contributed by atoms with Crippen molar-refractivity contribution in [2.24, 2.45) is 11.1 Å². The van der Waals surface area contributed by atoms with Gasteiger partial charge in [0.1, 0.15) is 5.75 Å². The number of phenolic OH excluding ortho intramolecular Hbond substituents is 1. The van der Waals surface area contributed by atoms with Crippen molar-refractivity contribution in [1.29, 1.82) is 0 Å². The average molecular weight is 235 g/mol. The summed E-state index contributed by atoms with van der Waals surface area (Å²) in [5, 5.41) is 21.1. The fourth-order valence-corrected chi connectivity index (χ4v) is 2.28. The monoisotopic (exact) mass is 235 g/mol. The van der Waals surface area contributed by atoms with E-state index in [0.29, 0.717) is 11.5 Å². The Hall–Kier alpha value is -1.51. The third kappa shape index (κ3) is 3.48. The summed E-state index contributed by atoms with van der Waals surface area (Å²) in [6.45, 7) is 8.75. The van der Waals surface area contributed by atoms with Crippen LogP contribution in [-0.2, 0) is 5.41 Å². The van der Waals surface area contributed by atoms with Crippen LogP contribution in [-0.4, -0.2) is 16.5 Å². The van der Waals surface area contributed by atoms with E-state index in [1.54, 1.807) is 6.07 Å². The fraction of sp³-hybridized carbons (Fsp3) is 0.500. The fourth-order valence-electron chi connectivity index (χ4n) is 2.28. The Morgan fingerprint density at radius 2 is 2.00 bits per heavy atom. The molecule has 0 atom stereocenters. The molecule has 0 aliphatic heterocycles. The van der Waals surface area contributed by atoms with Gasteiger partial charge in [-0.2, -0.15) is 0 Å². The highest BCUT2D eigenvalue weighted by Crippen LogP contribution is 2.32. The van der Waals surface area contributed by atoms with Crippen molar-refractivity contribution in [2.45, 2.75) is 39.5 Å². The summed E-state index contributed by atoms with van der Waals surface area (Å²) < 4.78 is 0. The third-order valence-corrected chi connectivity index (χ3v) is 2.92. The second kappa shape index (κ2) is 5.21. The van der Waals surface area contributed by atoms with E-state index in [1.807, 2.05) is 12.1 Å². The summed E-state index contributed by atoms with van der Waals surface area (Å²) in [5.41, 5.74) is 1.72. The molecule has 0 heterocycles. The molecule has 1 aromatic carbocycles. The molecule has 3 nitrogen and oxygen atoms in total. The first kappa shape index (κ1) is 13.6. The van der Waals surface area contributed by atoms with Crippen molar-refractivity contribution in [3.8, 4) is 5.75 Å². The molecule has 0 aliphatic rings. The SMILES string of the molecule is CC(C)CC(C)(C)c1ccc(O)c(/C=N/O)c1. The Morgan fingerprint density at radius 1 is 1.35 bits per heavy atom. The quantitative estimate of drug-likeness (QED) is 0.476. The number of phenols is 1. The molecule has 2 N–H and O–H groups in total. The topological polar surface area (TPSA) is 52.8 Å². The molecule has 3 heteroatoms. The summed E-state index contributed by atoms with van der Waals surface area (Å²) in [7, 11) is 0. The molecular formula is C14H21NO2. The van der Waals surface area contributed by atoms with Gasteiger partial charge < -0.3 is 10.3 Å². The molecule has 0 aliphatic carbocycles. The van der Waals surface area contributed by atoms with Gasteiger partial charge in [0.15, 0.2) is 0 Å². The number of oxime groups is 1. The zero-order valence-electron chi connectivity index (χ0n) is 10.9. The lowest BCUT2D eigenvalue weighted by atomic mass is 9.77. The molecule has 0 amide bonds. The minimum absolute atomic E-state index is 0.0416. The number of rotatable bonds is 4. The first-order valence-electron chi connectivity index (χ1n) is 5.88. The number of hydrogen-bond donors (Lipinski definition) is 2. The van der Waals surface area contributed by atoms with Crippen molar-refractivity contribution in [3.05, 3.63) is 29.3 Å². The van der Waals surface area contributed by atoms with Crippen molar-refractivity contribution in [3.63, 3.8) is 0 Å². The van der Waals surface area contributed by atoms with E-state index in [0.717, 1.165) is 12.0 Å². The first-order chi connectivity index (χ1) is 7.86. The molecular weight excluding hydrogens is 214 g/mol. The second-order valence-corrected chi connectivity index (χ2v) is 5.50. The molecule has 0 bridgehead atoms. The van der Waals surface area contributed by atoms with Gasteiger partial charge in [-0.05, 0) is 35.4 Å². The van der Waals surface area contributed by atoms with E-state index in [1.165, 1.54) is 6.21 Å². The van der Waals surface area contributed by atoms with E-state index in [-0.39, 0.29) is 11.2 Å². The Kier molecular flexibility index (Phi) is 4.16. The van der Waals surface area contributed by atoms with E-state index >= 15 is 0 Å². The molecule has 0 saturated heterocycles. The van der Waals surface area contributed by atoms with Crippen LogP contribution in [0.2, 0.25) is 0 Å². The summed E-state index contributed by atoms with van der Waals surface area (Å²) in [6.07, 6.45) is 2.32. The zero-order valence-corrected chi connectivity index (χ0v) is 10.9. The van der Waals surface area contributed by atoms with Crippen LogP contribution in [0.4, 0.5) is 0 Å². The number of benzene rings is 1. The summed E-state index contributed by atoms with van der Waals surface area (Å²) >= 11 is 0. The van der Waals surface area contributed by atoms with Crippen LogP contribution < -0.4 is 0 Å². The first-order valence-corrected chi connectivity index (χ1v) is 5.88. The van der Waals surface area contributed by atoms with Gasteiger partial charge >= 0.3 is 0 Å². The molecule has 17 heavy (non-hydrogen) atoms. The van der Waals surface area contributed by atoms with Crippen molar-refractivity contribution in [1.82, 2.24) is 0 Å². The van der Waals surface area contributed by atoms with Crippen LogP contribution >= 0.6 is 0 Å². The summed E-state index contributed by atoms with van der Waals surface area (Å²) in [4.78, 5) is 0. The van der Waals surface area contributed by atoms with Crippen LogP contribution in [0.25, 0.3) is 0 Å². The predicted molar refractivity (Wildman–Crippen MR) is 70.0 cm³/mol.